The average Bonchev–Trinajstić information content (AvgIpc) is 3.08. The van der Waals surface area contributed by atoms with E-state index in [1.807, 2.05) is 42.5 Å². The molecule has 0 aromatic heterocycles. The van der Waals surface area contributed by atoms with E-state index in [9.17, 15) is 19.5 Å². The lowest BCUT2D eigenvalue weighted by Crippen LogP contribution is -2.50. The number of benzene rings is 3. The Kier molecular flexibility index (Phi) is 5.11. The van der Waals surface area contributed by atoms with Gasteiger partial charge in [-0.3, -0.25) is 9.59 Å². The van der Waals surface area contributed by atoms with Gasteiger partial charge in [-0.1, -0.05) is 66.7 Å². The number of carbonyl (C=O) groups is 3. The molecule has 3 aromatic rings. The first-order valence-electron chi connectivity index (χ1n) is 10.7. The number of nitrogens with zero attached hydrogens (tertiary/aromatic N) is 2. The predicted molar refractivity (Wildman–Crippen MR) is 120 cm³/mol. The van der Waals surface area contributed by atoms with Crippen LogP contribution in [0.3, 0.4) is 0 Å². The summed E-state index contributed by atoms with van der Waals surface area (Å²) in [5.41, 5.74) is 1.09. The van der Waals surface area contributed by atoms with E-state index in [-0.39, 0.29) is 18.0 Å². The zero-order valence-electron chi connectivity index (χ0n) is 17.3. The van der Waals surface area contributed by atoms with E-state index in [4.69, 9.17) is 0 Å². The predicted octanol–water partition coefficient (Wildman–Crippen LogP) is 2.99. The van der Waals surface area contributed by atoms with Crippen molar-refractivity contribution in [2.45, 2.75) is 31.0 Å². The summed E-state index contributed by atoms with van der Waals surface area (Å²) in [4.78, 5) is 41.8. The van der Waals surface area contributed by atoms with Crippen molar-refractivity contribution in [3.8, 4) is 0 Å². The van der Waals surface area contributed by atoms with E-state index < -0.39 is 18.1 Å². The summed E-state index contributed by atoms with van der Waals surface area (Å²) in [6.45, 7) is 0.364. The van der Waals surface area contributed by atoms with Gasteiger partial charge in [0.05, 0.1) is 5.69 Å². The van der Waals surface area contributed by atoms with E-state index in [1.165, 1.54) is 4.90 Å². The van der Waals surface area contributed by atoms with Crippen LogP contribution < -0.4 is 10.2 Å². The molecule has 0 unspecified atom stereocenters. The van der Waals surface area contributed by atoms with Crippen LogP contribution in [0, 0.1) is 0 Å². The first-order valence-corrected chi connectivity index (χ1v) is 10.7. The van der Waals surface area contributed by atoms with Gasteiger partial charge in [-0.05, 0) is 29.9 Å². The molecule has 2 aliphatic heterocycles. The Morgan fingerprint density at radius 3 is 2.50 bits per heavy atom. The first kappa shape index (κ1) is 20.2. The van der Waals surface area contributed by atoms with Gasteiger partial charge in [-0.15, -0.1) is 0 Å². The minimum absolute atomic E-state index is 0.283. The SMILES string of the molecule is O=C(N[C@@H]1CCN2C(=O)N(c3cccc4ccccc34)C(=O)[C@@H]2C1)[C@@H](O)c1ccccc1. The number of hydrogen-bond acceptors (Lipinski definition) is 4. The molecule has 2 heterocycles. The number of anilines is 1. The Bertz CT molecular complexity index is 1190. The van der Waals surface area contributed by atoms with Crippen LogP contribution in [-0.2, 0) is 9.59 Å². The second kappa shape index (κ2) is 8.09. The fourth-order valence-electron chi connectivity index (χ4n) is 4.62. The monoisotopic (exact) mass is 429 g/mol. The van der Waals surface area contributed by atoms with Crippen molar-refractivity contribution < 1.29 is 19.5 Å². The number of rotatable bonds is 4. The number of imide groups is 1. The summed E-state index contributed by atoms with van der Waals surface area (Å²) in [5, 5.41) is 15.0. The van der Waals surface area contributed by atoms with Crippen molar-refractivity contribution in [3.05, 3.63) is 78.4 Å². The van der Waals surface area contributed by atoms with E-state index in [2.05, 4.69) is 5.32 Å². The molecule has 0 radical (unpaired) electrons. The van der Waals surface area contributed by atoms with E-state index in [0.29, 0.717) is 30.6 Å². The van der Waals surface area contributed by atoms with Crippen molar-refractivity contribution in [2.75, 3.05) is 11.4 Å². The molecule has 2 aliphatic rings. The number of piperidine rings is 1. The van der Waals surface area contributed by atoms with Gasteiger partial charge in [0.15, 0.2) is 6.10 Å². The maximum atomic E-state index is 13.3. The van der Waals surface area contributed by atoms with Crippen molar-refractivity contribution in [1.29, 1.82) is 0 Å². The lowest BCUT2D eigenvalue weighted by molar-refractivity contribution is -0.131. The maximum Gasteiger partial charge on any atom is 0.332 e. The summed E-state index contributed by atoms with van der Waals surface area (Å²) >= 11 is 0. The van der Waals surface area contributed by atoms with Gasteiger partial charge in [0.1, 0.15) is 6.04 Å². The first-order chi connectivity index (χ1) is 15.5. The van der Waals surface area contributed by atoms with Crippen LogP contribution in [0.15, 0.2) is 72.8 Å². The number of fused-ring (bicyclic) bond motifs is 2. The molecule has 7 nitrogen and oxygen atoms in total. The zero-order chi connectivity index (χ0) is 22.2. The number of amides is 4. The fourth-order valence-corrected chi connectivity index (χ4v) is 4.62. The highest BCUT2D eigenvalue weighted by atomic mass is 16.3. The van der Waals surface area contributed by atoms with Crippen LogP contribution in [0.2, 0.25) is 0 Å². The van der Waals surface area contributed by atoms with Gasteiger partial charge in [0.25, 0.3) is 11.8 Å². The van der Waals surface area contributed by atoms with Gasteiger partial charge in [-0.25, -0.2) is 9.69 Å². The van der Waals surface area contributed by atoms with Crippen molar-refractivity contribution in [1.82, 2.24) is 10.2 Å². The quantitative estimate of drug-likeness (QED) is 0.624. The zero-order valence-corrected chi connectivity index (χ0v) is 17.3. The van der Waals surface area contributed by atoms with Gasteiger partial charge in [0.2, 0.25) is 0 Å². The van der Waals surface area contributed by atoms with Gasteiger partial charge in [-0.2, -0.15) is 0 Å². The summed E-state index contributed by atoms with van der Waals surface area (Å²) in [6.07, 6.45) is -0.437. The third-order valence-electron chi connectivity index (χ3n) is 6.26. The Morgan fingerprint density at radius 1 is 0.969 bits per heavy atom. The molecular formula is C25H23N3O4. The largest absolute Gasteiger partial charge is 0.378 e. The molecule has 0 saturated carbocycles. The molecule has 0 aliphatic carbocycles. The molecule has 2 saturated heterocycles. The van der Waals surface area contributed by atoms with Crippen molar-refractivity contribution >= 4 is 34.3 Å². The molecule has 162 valence electrons. The van der Waals surface area contributed by atoms with Gasteiger partial charge in [0, 0.05) is 18.0 Å². The smallest absolute Gasteiger partial charge is 0.332 e. The second-order valence-electron chi connectivity index (χ2n) is 8.21. The minimum Gasteiger partial charge on any atom is -0.378 e. The molecule has 3 atom stereocenters. The molecule has 5 rings (SSSR count). The molecule has 0 bridgehead atoms. The lowest BCUT2D eigenvalue weighted by Gasteiger charge is -2.33. The van der Waals surface area contributed by atoms with Crippen LogP contribution in [0.1, 0.15) is 24.5 Å². The maximum absolute atomic E-state index is 13.3. The number of nitrogens with one attached hydrogen (secondary N) is 1. The lowest BCUT2D eigenvalue weighted by atomic mass is 9.97. The Hall–Kier alpha value is -3.71. The number of aliphatic hydroxyl groups is 1. The van der Waals surface area contributed by atoms with Crippen LogP contribution in [-0.4, -0.2) is 46.5 Å². The number of urea groups is 1. The topological polar surface area (TPSA) is 90.0 Å². The molecule has 7 heteroatoms. The number of aliphatic hydroxyl groups excluding tert-OH is 1. The van der Waals surface area contributed by atoms with Crippen LogP contribution >= 0.6 is 0 Å². The Morgan fingerprint density at radius 2 is 1.69 bits per heavy atom. The standard InChI is InChI=1S/C25H23N3O4/c29-22(17-8-2-1-3-9-17)23(30)26-18-13-14-27-21(15-18)24(31)28(25(27)32)20-12-6-10-16-7-4-5-11-19(16)20/h1-12,18,21-22,29H,13-15H2,(H,26,30)/t18-,21+,22+/m1/s1. The summed E-state index contributed by atoms with van der Waals surface area (Å²) in [7, 11) is 0. The highest BCUT2D eigenvalue weighted by Gasteiger charge is 2.49. The van der Waals surface area contributed by atoms with Crippen molar-refractivity contribution in [3.63, 3.8) is 0 Å². The molecule has 0 spiro atoms. The van der Waals surface area contributed by atoms with E-state index in [0.717, 1.165) is 10.8 Å². The number of carbonyl (C=O) groups excluding carboxylic acids is 3. The molecule has 2 fully saturated rings. The van der Waals surface area contributed by atoms with Crippen molar-refractivity contribution in [2.24, 2.45) is 0 Å². The molecule has 4 amide bonds. The molecule has 32 heavy (non-hydrogen) atoms. The van der Waals surface area contributed by atoms with Gasteiger partial charge >= 0.3 is 6.03 Å². The second-order valence-corrected chi connectivity index (χ2v) is 8.21. The Labute approximate surface area is 185 Å². The Balaban J connectivity index is 1.34. The van der Waals surface area contributed by atoms with Crippen LogP contribution in [0.25, 0.3) is 10.8 Å². The van der Waals surface area contributed by atoms with Gasteiger partial charge < -0.3 is 15.3 Å². The summed E-state index contributed by atoms with van der Waals surface area (Å²) in [6, 6.07) is 20.7. The van der Waals surface area contributed by atoms with Crippen LogP contribution in [0.4, 0.5) is 10.5 Å². The number of hydrogen-bond donors (Lipinski definition) is 2. The third kappa shape index (κ3) is 3.40. The summed E-state index contributed by atoms with van der Waals surface area (Å²) in [5.74, 6) is -0.786. The average molecular weight is 429 g/mol. The highest BCUT2D eigenvalue weighted by molar-refractivity contribution is 6.24. The van der Waals surface area contributed by atoms with Crippen LogP contribution in [0.5, 0.6) is 0 Å². The minimum atomic E-state index is -1.28. The molecular weight excluding hydrogens is 406 g/mol. The highest BCUT2D eigenvalue weighted by Crippen LogP contribution is 2.34. The fraction of sp³-hybridized carbons (Fsp3) is 0.240. The third-order valence-corrected chi connectivity index (χ3v) is 6.26. The van der Waals surface area contributed by atoms with E-state index in [1.54, 1.807) is 35.2 Å². The van der Waals surface area contributed by atoms with E-state index >= 15 is 0 Å². The summed E-state index contributed by atoms with van der Waals surface area (Å²) < 4.78 is 0. The molecule has 2 N–H and O–H groups in total. The normalized spacial score (nSPS) is 21.5. The molecule has 3 aromatic carbocycles.